The van der Waals surface area contributed by atoms with E-state index in [-0.39, 0.29) is 0 Å². The van der Waals surface area contributed by atoms with Crippen molar-refractivity contribution in [1.82, 2.24) is 14.8 Å². The SMILES string of the molecule is CCCOc1cc(OCc2cc3ccccc3[nH]2)cc(N(CCN2CCN(C)CC2)C(=O)O)c1. The van der Waals surface area contributed by atoms with Gasteiger partial charge in [-0.15, -0.1) is 0 Å². The van der Waals surface area contributed by atoms with Crippen LogP contribution in [0, 0.1) is 0 Å². The molecule has 0 spiro atoms. The number of hydrogen-bond donors (Lipinski definition) is 2. The molecule has 4 rings (SSSR count). The van der Waals surface area contributed by atoms with Gasteiger partial charge in [0.2, 0.25) is 0 Å². The summed E-state index contributed by atoms with van der Waals surface area (Å²) in [5.74, 6) is 1.19. The molecule has 2 aromatic carbocycles. The second-order valence-electron chi connectivity index (χ2n) is 8.76. The van der Waals surface area contributed by atoms with Crippen LogP contribution in [0.4, 0.5) is 10.5 Å². The summed E-state index contributed by atoms with van der Waals surface area (Å²) in [5, 5.41) is 11.1. The van der Waals surface area contributed by atoms with E-state index in [0.717, 1.165) is 49.2 Å². The van der Waals surface area contributed by atoms with Gasteiger partial charge in [0.15, 0.2) is 0 Å². The highest BCUT2D eigenvalue weighted by molar-refractivity contribution is 5.86. The molecule has 1 saturated heterocycles. The van der Waals surface area contributed by atoms with Crippen molar-refractivity contribution in [3.05, 3.63) is 54.2 Å². The monoisotopic (exact) mass is 466 g/mol. The minimum absolute atomic E-state index is 0.347. The fraction of sp³-hybridized carbons (Fsp3) is 0.423. The fourth-order valence-corrected chi connectivity index (χ4v) is 4.12. The summed E-state index contributed by atoms with van der Waals surface area (Å²) in [6, 6.07) is 15.5. The van der Waals surface area contributed by atoms with Gasteiger partial charge in [0.05, 0.1) is 18.0 Å². The summed E-state index contributed by atoms with van der Waals surface area (Å²) in [6.07, 6.45) is -0.120. The topological polar surface area (TPSA) is 81.3 Å². The molecule has 1 aliphatic heterocycles. The molecule has 8 nitrogen and oxygen atoms in total. The minimum Gasteiger partial charge on any atom is -0.493 e. The predicted octanol–water partition coefficient (Wildman–Crippen LogP) is 4.27. The van der Waals surface area contributed by atoms with Crippen LogP contribution >= 0.6 is 0 Å². The van der Waals surface area contributed by atoms with Crippen LogP contribution in [-0.4, -0.2) is 78.9 Å². The molecule has 34 heavy (non-hydrogen) atoms. The zero-order valence-electron chi connectivity index (χ0n) is 20.0. The third-order valence-corrected chi connectivity index (χ3v) is 6.10. The van der Waals surface area contributed by atoms with E-state index in [1.165, 1.54) is 4.90 Å². The lowest BCUT2D eigenvalue weighted by Crippen LogP contribution is -2.47. The van der Waals surface area contributed by atoms with E-state index in [4.69, 9.17) is 9.47 Å². The quantitative estimate of drug-likeness (QED) is 0.465. The number of carboxylic acid groups (broad SMARTS) is 1. The maximum atomic E-state index is 12.2. The molecule has 0 radical (unpaired) electrons. The Bertz CT molecular complexity index is 1060. The molecule has 3 aromatic rings. The van der Waals surface area contributed by atoms with Crippen LogP contribution in [0.5, 0.6) is 11.5 Å². The zero-order valence-corrected chi connectivity index (χ0v) is 20.0. The molecule has 1 fully saturated rings. The molecule has 1 aromatic heterocycles. The first-order valence-corrected chi connectivity index (χ1v) is 11.9. The van der Waals surface area contributed by atoms with Gasteiger partial charge in [-0.05, 0) is 31.0 Å². The predicted molar refractivity (Wildman–Crippen MR) is 134 cm³/mol. The van der Waals surface area contributed by atoms with Crippen LogP contribution in [0.25, 0.3) is 10.9 Å². The summed E-state index contributed by atoms with van der Waals surface area (Å²) in [4.78, 5) is 21.5. The van der Waals surface area contributed by atoms with Crippen molar-refractivity contribution in [3.63, 3.8) is 0 Å². The van der Waals surface area contributed by atoms with Gasteiger partial charge in [-0.2, -0.15) is 0 Å². The van der Waals surface area contributed by atoms with Crippen molar-refractivity contribution in [1.29, 1.82) is 0 Å². The number of carbonyl (C=O) groups is 1. The number of nitrogens with zero attached hydrogens (tertiary/aromatic N) is 3. The second-order valence-corrected chi connectivity index (χ2v) is 8.76. The van der Waals surface area contributed by atoms with Crippen molar-refractivity contribution in [2.45, 2.75) is 20.0 Å². The van der Waals surface area contributed by atoms with Gasteiger partial charge in [-0.1, -0.05) is 25.1 Å². The fourth-order valence-electron chi connectivity index (χ4n) is 4.12. The number of para-hydroxylation sites is 1. The number of H-pyrrole nitrogens is 1. The van der Waals surface area contributed by atoms with Gasteiger partial charge >= 0.3 is 6.09 Å². The van der Waals surface area contributed by atoms with E-state index in [1.54, 1.807) is 12.1 Å². The van der Waals surface area contributed by atoms with Gasteiger partial charge in [0.25, 0.3) is 0 Å². The van der Waals surface area contributed by atoms with Crippen molar-refractivity contribution < 1.29 is 19.4 Å². The lowest BCUT2D eigenvalue weighted by molar-refractivity contribution is 0.155. The Morgan fingerprint density at radius 1 is 1.06 bits per heavy atom. The summed E-state index contributed by atoms with van der Waals surface area (Å²) in [5.41, 5.74) is 2.57. The Morgan fingerprint density at radius 3 is 2.50 bits per heavy atom. The standard InChI is InChI=1S/C26H34N4O4/c1-3-14-33-23-16-22(30(26(31)32)13-12-29-10-8-28(2)9-11-29)17-24(18-23)34-19-21-15-20-6-4-5-7-25(20)27-21/h4-7,15-18,27H,3,8-14,19H2,1-2H3,(H,31,32). The smallest absolute Gasteiger partial charge is 0.411 e. The molecule has 1 amide bonds. The first-order chi connectivity index (χ1) is 16.5. The van der Waals surface area contributed by atoms with Crippen LogP contribution in [0.3, 0.4) is 0 Å². The highest BCUT2D eigenvalue weighted by atomic mass is 16.5. The van der Waals surface area contributed by atoms with Crippen LogP contribution in [0.2, 0.25) is 0 Å². The summed E-state index contributed by atoms with van der Waals surface area (Å²) in [7, 11) is 2.11. The first-order valence-electron chi connectivity index (χ1n) is 11.9. The average Bonchev–Trinajstić information content (AvgIpc) is 3.26. The number of nitrogens with one attached hydrogen (secondary N) is 1. The van der Waals surface area contributed by atoms with E-state index < -0.39 is 6.09 Å². The lowest BCUT2D eigenvalue weighted by atomic mass is 10.2. The van der Waals surface area contributed by atoms with E-state index in [1.807, 2.05) is 31.2 Å². The summed E-state index contributed by atoms with van der Waals surface area (Å²) < 4.78 is 11.9. The number of hydrogen-bond acceptors (Lipinski definition) is 5. The molecule has 0 saturated carbocycles. The van der Waals surface area contributed by atoms with Gasteiger partial charge < -0.3 is 24.5 Å². The van der Waals surface area contributed by atoms with E-state index in [0.29, 0.717) is 43.5 Å². The maximum Gasteiger partial charge on any atom is 0.411 e. The van der Waals surface area contributed by atoms with Crippen LogP contribution in [0.15, 0.2) is 48.5 Å². The Balaban J connectivity index is 1.49. The number of rotatable bonds is 10. The summed E-state index contributed by atoms with van der Waals surface area (Å²) in [6.45, 7) is 7.90. The number of anilines is 1. The van der Waals surface area contributed by atoms with Crippen LogP contribution in [0.1, 0.15) is 19.0 Å². The Morgan fingerprint density at radius 2 is 1.79 bits per heavy atom. The average molecular weight is 467 g/mol. The lowest BCUT2D eigenvalue weighted by Gasteiger charge is -2.33. The Labute approximate surface area is 200 Å². The summed E-state index contributed by atoms with van der Waals surface area (Å²) >= 11 is 0. The molecule has 1 aliphatic rings. The number of benzene rings is 2. The van der Waals surface area contributed by atoms with Crippen LogP contribution in [-0.2, 0) is 6.61 Å². The van der Waals surface area contributed by atoms with Gasteiger partial charge in [0, 0.05) is 63.0 Å². The molecule has 182 valence electrons. The second kappa shape index (κ2) is 11.3. The number of ether oxygens (including phenoxy) is 2. The molecule has 2 heterocycles. The van der Waals surface area contributed by atoms with Crippen LogP contribution < -0.4 is 14.4 Å². The maximum absolute atomic E-state index is 12.2. The minimum atomic E-state index is -0.983. The molecule has 0 aliphatic carbocycles. The van der Waals surface area contributed by atoms with Gasteiger partial charge in [-0.25, -0.2) is 4.79 Å². The first kappa shape index (κ1) is 23.9. The molecule has 8 heteroatoms. The number of fused-ring (bicyclic) bond motifs is 1. The molecular formula is C26H34N4O4. The number of likely N-dealkylation sites (N-methyl/N-ethyl adjacent to an activating group) is 1. The van der Waals surface area contributed by atoms with Crippen molar-refractivity contribution in [3.8, 4) is 11.5 Å². The highest BCUT2D eigenvalue weighted by Crippen LogP contribution is 2.30. The van der Waals surface area contributed by atoms with Gasteiger partial charge in [-0.3, -0.25) is 9.80 Å². The molecule has 0 unspecified atom stereocenters. The van der Waals surface area contributed by atoms with E-state index in [2.05, 4.69) is 34.0 Å². The number of aromatic amines is 1. The normalized spacial score (nSPS) is 14.9. The van der Waals surface area contributed by atoms with Crippen molar-refractivity contribution in [2.24, 2.45) is 0 Å². The third-order valence-electron chi connectivity index (χ3n) is 6.10. The van der Waals surface area contributed by atoms with Crippen molar-refractivity contribution >= 4 is 22.7 Å². The molecule has 0 atom stereocenters. The highest BCUT2D eigenvalue weighted by Gasteiger charge is 2.20. The number of aromatic nitrogens is 1. The number of amides is 1. The Kier molecular flexibility index (Phi) is 7.92. The molecule has 0 bridgehead atoms. The third kappa shape index (κ3) is 6.21. The van der Waals surface area contributed by atoms with E-state index >= 15 is 0 Å². The Hall–Kier alpha value is -3.23. The largest absolute Gasteiger partial charge is 0.493 e. The van der Waals surface area contributed by atoms with E-state index in [9.17, 15) is 9.90 Å². The van der Waals surface area contributed by atoms with Crippen molar-refractivity contribution in [2.75, 3.05) is 57.8 Å². The molecule has 2 N–H and O–H groups in total. The zero-order chi connectivity index (χ0) is 23.9. The molecular weight excluding hydrogens is 432 g/mol. The number of piperazine rings is 1. The van der Waals surface area contributed by atoms with Gasteiger partial charge in [0.1, 0.15) is 18.1 Å².